The highest BCUT2D eigenvalue weighted by Crippen LogP contribution is 2.22. The molecule has 0 unspecified atom stereocenters. The van der Waals surface area contributed by atoms with E-state index in [0.717, 1.165) is 10.0 Å². The van der Waals surface area contributed by atoms with E-state index < -0.39 is 0 Å². The Morgan fingerprint density at radius 3 is 2.58 bits per heavy atom. The molecule has 4 nitrogen and oxygen atoms in total. The highest BCUT2D eigenvalue weighted by atomic mass is 79.9. The lowest BCUT2D eigenvalue weighted by Crippen LogP contribution is -2.40. The molecule has 19 heavy (non-hydrogen) atoms. The van der Waals surface area contributed by atoms with Gasteiger partial charge in [-0.1, -0.05) is 12.1 Å². The average molecular weight is 327 g/mol. The van der Waals surface area contributed by atoms with Gasteiger partial charge in [0.25, 0.3) is 5.91 Å². The SMILES string of the molecule is Cc1cccc(C(=O)N(C)CC(=O)NC(C)C)c1Br. The van der Waals surface area contributed by atoms with Gasteiger partial charge in [0, 0.05) is 17.6 Å². The van der Waals surface area contributed by atoms with Crippen molar-refractivity contribution in [1.29, 1.82) is 0 Å². The van der Waals surface area contributed by atoms with Gasteiger partial charge in [-0.2, -0.15) is 0 Å². The van der Waals surface area contributed by atoms with Gasteiger partial charge in [-0.25, -0.2) is 0 Å². The number of aryl methyl sites for hydroxylation is 1. The van der Waals surface area contributed by atoms with Gasteiger partial charge in [0.15, 0.2) is 0 Å². The monoisotopic (exact) mass is 326 g/mol. The molecule has 1 aromatic carbocycles. The Morgan fingerprint density at radius 1 is 1.37 bits per heavy atom. The number of benzene rings is 1. The van der Waals surface area contributed by atoms with E-state index in [1.165, 1.54) is 4.90 Å². The fraction of sp³-hybridized carbons (Fsp3) is 0.429. The minimum absolute atomic E-state index is 0.0530. The smallest absolute Gasteiger partial charge is 0.255 e. The van der Waals surface area contributed by atoms with Crippen molar-refractivity contribution in [2.24, 2.45) is 0 Å². The molecule has 0 spiro atoms. The first-order chi connectivity index (χ1) is 8.82. The Balaban J connectivity index is 2.77. The van der Waals surface area contributed by atoms with Gasteiger partial charge in [0.2, 0.25) is 5.91 Å². The molecule has 1 rings (SSSR count). The van der Waals surface area contributed by atoms with Crippen LogP contribution in [0.5, 0.6) is 0 Å². The summed E-state index contributed by atoms with van der Waals surface area (Å²) < 4.78 is 0.774. The van der Waals surface area contributed by atoms with E-state index >= 15 is 0 Å². The summed E-state index contributed by atoms with van der Waals surface area (Å²) in [6.45, 7) is 5.75. The molecule has 0 fully saturated rings. The second-order valence-corrected chi connectivity index (χ2v) is 5.61. The van der Waals surface area contributed by atoms with Crippen LogP contribution in [0, 0.1) is 6.92 Å². The largest absolute Gasteiger partial charge is 0.352 e. The van der Waals surface area contributed by atoms with Crippen LogP contribution in [-0.4, -0.2) is 36.3 Å². The minimum Gasteiger partial charge on any atom is -0.352 e. The van der Waals surface area contributed by atoms with Crippen LogP contribution in [0.15, 0.2) is 22.7 Å². The van der Waals surface area contributed by atoms with E-state index in [9.17, 15) is 9.59 Å². The summed E-state index contributed by atoms with van der Waals surface area (Å²) in [7, 11) is 1.62. The third kappa shape index (κ3) is 4.35. The number of hydrogen-bond donors (Lipinski definition) is 1. The summed E-state index contributed by atoms with van der Waals surface area (Å²) in [5.41, 5.74) is 1.56. The molecule has 1 aromatic rings. The zero-order chi connectivity index (χ0) is 14.6. The molecular formula is C14H19BrN2O2. The Labute approximate surface area is 122 Å². The number of carbonyl (C=O) groups excluding carboxylic acids is 2. The van der Waals surface area contributed by atoms with Crippen molar-refractivity contribution in [2.45, 2.75) is 26.8 Å². The molecule has 0 atom stereocenters. The number of nitrogens with zero attached hydrogens (tertiary/aromatic N) is 1. The first-order valence-electron chi connectivity index (χ1n) is 6.13. The molecule has 0 radical (unpaired) electrons. The Hall–Kier alpha value is -1.36. The fourth-order valence-electron chi connectivity index (χ4n) is 1.67. The summed E-state index contributed by atoms with van der Waals surface area (Å²) >= 11 is 3.41. The van der Waals surface area contributed by atoms with E-state index in [1.54, 1.807) is 13.1 Å². The molecule has 0 aromatic heterocycles. The predicted molar refractivity (Wildman–Crippen MR) is 79.1 cm³/mol. The average Bonchev–Trinajstić information content (AvgIpc) is 2.30. The van der Waals surface area contributed by atoms with Crippen molar-refractivity contribution >= 4 is 27.7 Å². The summed E-state index contributed by atoms with van der Waals surface area (Å²) in [6, 6.07) is 5.57. The molecular weight excluding hydrogens is 308 g/mol. The minimum atomic E-state index is -0.172. The summed E-state index contributed by atoms with van der Waals surface area (Å²) in [5.74, 6) is -0.330. The number of halogens is 1. The van der Waals surface area contributed by atoms with Crippen molar-refractivity contribution < 1.29 is 9.59 Å². The maximum Gasteiger partial charge on any atom is 0.255 e. The predicted octanol–water partition coefficient (Wildman–Crippen LogP) is 2.35. The van der Waals surface area contributed by atoms with Crippen molar-refractivity contribution in [2.75, 3.05) is 13.6 Å². The molecule has 0 aliphatic carbocycles. The van der Waals surface area contributed by atoms with Crippen LogP contribution in [0.1, 0.15) is 29.8 Å². The molecule has 104 valence electrons. The van der Waals surface area contributed by atoms with Gasteiger partial charge in [-0.05, 0) is 48.3 Å². The molecule has 0 heterocycles. The van der Waals surface area contributed by atoms with Gasteiger partial charge in [-0.15, -0.1) is 0 Å². The lowest BCUT2D eigenvalue weighted by Gasteiger charge is -2.19. The van der Waals surface area contributed by atoms with Gasteiger partial charge in [0.05, 0.1) is 12.1 Å². The zero-order valence-electron chi connectivity index (χ0n) is 11.7. The molecule has 2 amide bonds. The number of carbonyl (C=O) groups is 2. The molecule has 0 saturated carbocycles. The van der Waals surface area contributed by atoms with Crippen LogP contribution in [0.2, 0.25) is 0 Å². The zero-order valence-corrected chi connectivity index (χ0v) is 13.2. The first-order valence-corrected chi connectivity index (χ1v) is 6.92. The number of amides is 2. The van der Waals surface area contributed by atoms with Crippen molar-refractivity contribution in [3.63, 3.8) is 0 Å². The highest BCUT2D eigenvalue weighted by Gasteiger charge is 2.18. The quantitative estimate of drug-likeness (QED) is 0.923. The maximum atomic E-state index is 12.3. The topological polar surface area (TPSA) is 49.4 Å². The van der Waals surface area contributed by atoms with Gasteiger partial charge in [-0.3, -0.25) is 9.59 Å². The van der Waals surface area contributed by atoms with Gasteiger partial charge >= 0.3 is 0 Å². The third-order valence-electron chi connectivity index (χ3n) is 2.60. The van der Waals surface area contributed by atoms with Crippen LogP contribution in [0.4, 0.5) is 0 Å². The highest BCUT2D eigenvalue weighted by molar-refractivity contribution is 9.10. The third-order valence-corrected chi connectivity index (χ3v) is 3.65. The van der Waals surface area contributed by atoms with Crippen LogP contribution in [-0.2, 0) is 4.79 Å². The molecule has 0 bridgehead atoms. The number of nitrogens with one attached hydrogen (secondary N) is 1. The van der Waals surface area contributed by atoms with Gasteiger partial charge < -0.3 is 10.2 Å². The van der Waals surface area contributed by atoms with E-state index in [1.807, 2.05) is 32.9 Å². The van der Waals surface area contributed by atoms with Crippen LogP contribution < -0.4 is 5.32 Å². The lowest BCUT2D eigenvalue weighted by molar-refractivity contribution is -0.122. The van der Waals surface area contributed by atoms with Crippen molar-refractivity contribution in [1.82, 2.24) is 10.2 Å². The van der Waals surface area contributed by atoms with Crippen LogP contribution in [0.3, 0.4) is 0 Å². The van der Waals surface area contributed by atoms with E-state index in [2.05, 4.69) is 21.2 Å². The second-order valence-electron chi connectivity index (χ2n) is 4.82. The summed E-state index contributed by atoms with van der Waals surface area (Å²) in [4.78, 5) is 25.3. The fourth-order valence-corrected chi connectivity index (χ4v) is 2.11. The number of hydrogen-bond acceptors (Lipinski definition) is 2. The Morgan fingerprint density at radius 2 is 2.00 bits per heavy atom. The molecule has 0 aliphatic rings. The summed E-state index contributed by atoms with van der Waals surface area (Å²) in [6.07, 6.45) is 0. The van der Waals surface area contributed by atoms with Crippen LogP contribution >= 0.6 is 15.9 Å². The Bertz CT molecular complexity index is 486. The van der Waals surface area contributed by atoms with E-state index in [4.69, 9.17) is 0 Å². The van der Waals surface area contributed by atoms with Crippen molar-refractivity contribution in [3.05, 3.63) is 33.8 Å². The molecule has 0 aliphatic heterocycles. The normalized spacial score (nSPS) is 10.4. The summed E-state index contributed by atoms with van der Waals surface area (Å²) in [5, 5.41) is 2.76. The lowest BCUT2D eigenvalue weighted by atomic mass is 10.1. The van der Waals surface area contributed by atoms with Crippen molar-refractivity contribution in [3.8, 4) is 0 Å². The second kappa shape index (κ2) is 6.70. The molecule has 1 N–H and O–H groups in total. The standard InChI is InChI=1S/C14H19BrN2O2/c1-9(2)16-12(18)8-17(4)14(19)11-7-5-6-10(3)13(11)15/h5-7,9H,8H2,1-4H3,(H,16,18). The van der Waals surface area contributed by atoms with Crippen LogP contribution in [0.25, 0.3) is 0 Å². The first kappa shape index (κ1) is 15.7. The molecule has 0 saturated heterocycles. The Kier molecular flexibility index (Phi) is 5.54. The van der Waals surface area contributed by atoms with E-state index in [-0.39, 0.29) is 24.4 Å². The van der Waals surface area contributed by atoms with Gasteiger partial charge in [0.1, 0.15) is 0 Å². The number of likely N-dealkylation sites (N-methyl/N-ethyl adjacent to an activating group) is 1. The number of rotatable bonds is 4. The maximum absolute atomic E-state index is 12.3. The van der Waals surface area contributed by atoms with E-state index in [0.29, 0.717) is 5.56 Å². The molecule has 5 heteroatoms.